The first-order valence-electron chi connectivity index (χ1n) is 11.8. The third-order valence-corrected chi connectivity index (χ3v) is 9.30. The van der Waals surface area contributed by atoms with E-state index in [1.54, 1.807) is 24.5 Å². The Labute approximate surface area is 192 Å². The number of piperidine rings is 2. The molecule has 174 valence electrons. The zero-order chi connectivity index (χ0) is 22.8. The number of rotatable bonds is 5. The van der Waals surface area contributed by atoms with Gasteiger partial charge in [-0.25, -0.2) is 8.42 Å². The first kappa shape index (κ1) is 23.3. The second-order valence-corrected chi connectivity index (χ2v) is 12.6. The summed E-state index contributed by atoms with van der Waals surface area (Å²) >= 11 is 0. The maximum absolute atomic E-state index is 13.7. The molecule has 0 amide bonds. The van der Waals surface area contributed by atoms with Gasteiger partial charge in [-0.1, -0.05) is 20.8 Å². The smallest absolute Gasteiger partial charge is 0.196 e. The summed E-state index contributed by atoms with van der Waals surface area (Å²) in [6, 6.07) is 7.26. The minimum atomic E-state index is -3.53. The minimum Gasteiger partial charge on any atom is -0.303 e. The molecular formula is C25H36N4O2S. The second kappa shape index (κ2) is 9.20. The molecule has 1 spiro atoms. The third-order valence-electron chi connectivity index (χ3n) is 7.12. The molecule has 2 aliphatic rings. The van der Waals surface area contributed by atoms with Crippen LogP contribution in [0.5, 0.6) is 0 Å². The Morgan fingerprint density at radius 3 is 2.44 bits per heavy atom. The van der Waals surface area contributed by atoms with E-state index in [2.05, 4.69) is 41.0 Å². The van der Waals surface area contributed by atoms with E-state index in [0.717, 1.165) is 69.5 Å². The number of sulfone groups is 1. The lowest BCUT2D eigenvalue weighted by Crippen LogP contribution is -2.58. The molecule has 4 heterocycles. The fourth-order valence-electron chi connectivity index (χ4n) is 5.07. The molecule has 4 rings (SSSR count). The van der Waals surface area contributed by atoms with Gasteiger partial charge in [-0.2, -0.15) is 0 Å². The molecule has 2 fully saturated rings. The Hall–Kier alpha value is -1.83. The van der Waals surface area contributed by atoms with Crippen LogP contribution < -0.4 is 5.32 Å². The molecule has 0 saturated carbocycles. The van der Waals surface area contributed by atoms with Gasteiger partial charge in [0.1, 0.15) is 5.37 Å². The predicted octanol–water partition coefficient (Wildman–Crippen LogP) is 4.15. The van der Waals surface area contributed by atoms with Crippen LogP contribution in [0.25, 0.3) is 11.3 Å². The van der Waals surface area contributed by atoms with E-state index in [1.807, 2.05) is 12.1 Å². The number of aromatic nitrogens is 2. The van der Waals surface area contributed by atoms with E-state index < -0.39 is 15.2 Å². The molecule has 7 heteroatoms. The van der Waals surface area contributed by atoms with Gasteiger partial charge in [-0.3, -0.25) is 9.97 Å². The zero-order valence-corrected chi connectivity index (χ0v) is 20.4. The molecule has 1 unspecified atom stereocenters. The minimum absolute atomic E-state index is 0.195. The highest BCUT2D eigenvalue weighted by molar-refractivity contribution is 7.92. The molecule has 6 nitrogen and oxygen atoms in total. The lowest BCUT2D eigenvalue weighted by atomic mass is 9.72. The van der Waals surface area contributed by atoms with E-state index in [4.69, 9.17) is 0 Å². The zero-order valence-electron chi connectivity index (χ0n) is 19.5. The molecule has 2 aromatic rings. The fourth-order valence-corrected chi connectivity index (χ4v) is 7.14. The van der Waals surface area contributed by atoms with Crippen molar-refractivity contribution in [2.75, 3.05) is 26.2 Å². The molecule has 2 aromatic heterocycles. The maximum atomic E-state index is 13.7. The number of nitrogens with zero attached hydrogens (tertiary/aromatic N) is 3. The summed E-state index contributed by atoms with van der Waals surface area (Å²) in [5.41, 5.74) is 1.81. The van der Waals surface area contributed by atoms with Crippen molar-refractivity contribution in [1.29, 1.82) is 0 Å². The quantitative estimate of drug-likeness (QED) is 0.729. The summed E-state index contributed by atoms with van der Waals surface area (Å²) in [4.78, 5) is 11.3. The van der Waals surface area contributed by atoms with Gasteiger partial charge in [-0.15, -0.1) is 0 Å². The van der Waals surface area contributed by atoms with Crippen molar-refractivity contribution in [2.45, 2.75) is 63.1 Å². The van der Waals surface area contributed by atoms with Crippen LogP contribution in [0.2, 0.25) is 0 Å². The molecule has 1 atom stereocenters. The second-order valence-electron chi connectivity index (χ2n) is 10.6. The summed E-state index contributed by atoms with van der Waals surface area (Å²) in [7, 11) is -3.53. The van der Waals surface area contributed by atoms with E-state index in [-0.39, 0.29) is 5.41 Å². The molecule has 0 bridgehead atoms. The van der Waals surface area contributed by atoms with Crippen LogP contribution in [-0.2, 0) is 9.84 Å². The lowest BCUT2D eigenvalue weighted by Gasteiger charge is -2.49. The lowest BCUT2D eigenvalue weighted by molar-refractivity contribution is 0.0600. The van der Waals surface area contributed by atoms with Crippen molar-refractivity contribution in [3.63, 3.8) is 0 Å². The molecule has 1 N–H and O–H groups in total. The van der Waals surface area contributed by atoms with Crippen LogP contribution in [0.15, 0.2) is 47.8 Å². The Balaban J connectivity index is 1.51. The molecule has 0 aromatic carbocycles. The van der Waals surface area contributed by atoms with Crippen molar-refractivity contribution in [1.82, 2.24) is 20.2 Å². The largest absolute Gasteiger partial charge is 0.303 e. The van der Waals surface area contributed by atoms with Gasteiger partial charge >= 0.3 is 0 Å². The van der Waals surface area contributed by atoms with Crippen molar-refractivity contribution in [2.24, 2.45) is 10.8 Å². The van der Waals surface area contributed by atoms with Crippen LogP contribution in [0.3, 0.4) is 0 Å². The van der Waals surface area contributed by atoms with Crippen LogP contribution in [-0.4, -0.2) is 54.8 Å². The highest BCUT2D eigenvalue weighted by Crippen LogP contribution is 2.45. The molecule has 0 radical (unpaired) electrons. The number of pyridine rings is 2. The van der Waals surface area contributed by atoms with Crippen LogP contribution in [0, 0.1) is 10.8 Å². The first-order chi connectivity index (χ1) is 15.2. The third kappa shape index (κ3) is 5.05. The normalized spacial score (nSPS) is 22.2. The van der Waals surface area contributed by atoms with Gasteiger partial charge in [0.2, 0.25) is 0 Å². The van der Waals surface area contributed by atoms with Gasteiger partial charge in [0.15, 0.2) is 9.84 Å². The van der Waals surface area contributed by atoms with Gasteiger partial charge in [0.05, 0.1) is 10.6 Å². The van der Waals surface area contributed by atoms with Gasteiger partial charge in [0.25, 0.3) is 0 Å². The van der Waals surface area contributed by atoms with Crippen LogP contribution in [0.4, 0.5) is 0 Å². The summed E-state index contributed by atoms with van der Waals surface area (Å²) in [5.74, 6) is 0. The van der Waals surface area contributed by atoms with Crippen LogP contribution >= 0.6 is 0 Å². The molecule has 2 aliphatic heterocycles. The standard InChI is InChI=1S/C25H36N4O2S/c1-24(2,3)10-16-29-17-11-25(12-18-29)9-4-13-27-23(25)32(30,31)21-5-6-22(28-19-21)20-7-14-26-15-8-20/h5-8,14-15,19,23,27H,4,9-13,16-18H2,1-3H3. The molecule has 0 aliphatic carbocycles. The topological polar surface area (TPSA) is 75.2 Å². The van der Waals surface area contributed by atoms with Gasteiger partial charge in [0, 0.05) is 29.6 Å². The summed E-state index contributed by atoms with van der Waals surface area (Å²) in [6.45, 7) is 10.6. The fraction of sp³-hybridized carbons (Fsp3) is 0.600. The number of hydrogen-bond donors (Lipinski definition) is 1. The molecular weight excluding hydrogens is 420 g/mol. The Morgan fingerprint density at radius 1 is 1.09 bits per heavy atom. The van der Waals surface area contributed by atoms with Crippen molar-refractivity contribution in [3.8, 4) is 11.3 Å². The average Bonchev–Trinajstić information content (AvgIpc) is 2.79. The number of nitrogens with one attached hydrogen (secondary N) is 1. The highest BCUT2D eigenvalue weighted by atomic mass is 32.2. The number of hydrogen-bond acceptors (Lipinski definition) is 6. The molecule has 32 heavy (non-hydrogen) atoms. The highest BCUT2D eigenvalue weighted by Gasteiger charge is 2.49. The van der Waals surface area contributed by atoms with E-state index >= 15 is 0 Å². The summed E-state index contributed by atoms with van der Waals surface area (Å²) in [6.07, 6.45) is 9.97. The summed E-state index contributed by atoms with van der Waals surface area (Å²) < 4.78 is 27.4. The Morgan fingerprint density at radius 2 is 1.81 bits per heavy atom. The Kier molecular flexibility index (Phi) is 6.71. The van der Waals surface area contributed by atoms with Crippen LogP contribution in [0.1, 0.15) is 52.9 Å². The van der Waals surface area contributed by atoms with Gasteiger partial charge in [-0.05, 0) is 88.0 Å². The maximum Gasteiger partial charge on any atom is 0.196 e. The monoisotopic (exact) mass is 456 g/mol. The van der Waals surface area contributed by atoms with E-state index in [1.165, 1.54) is 6.20 Å². The Bertz CT molecular complexity index is 992. The van der Waals surface area contributed by atoms with E-state index in [9.17, 15) is 8.42 Å². The van der Waals surface area contributed by atoms with E-state index in [0.29, 0.717) is 10.3 Å². The van der Waals surface area contributed by atoms with Crippen molar-refractivity contribution >= 4 is 9.84 Å². The average molecular weight is 457 g/mol. The number of likely N-dealkylation sites (tertiary alicyclic amines) is 1. The van der Waals surface area contributed by atoms with Crippen molar-refractivity contribution in [3.05, 3.63) is 42.9 Å². The van der Waals surface area contributed by atoms with Crippen molar-refractivity contribution < 1.29 is 8.42 Å². The molecule has 2 saturated heterocycles. The predicted molar refractivity (Wildman–Crippen MR) is 128 cm³/mol. The first-order valence-corrected chi connectivity index (χ1v) is 13.3. The SMILES string of the molecule is CC(C)(C)CCN1CCC2(CCCNC2S(=O)(=O)c2ccc(-c3ccncc3)nc2)CC1. The van der Waals surface area contributed by atoms with Gasteiger partial charge < -0.3 is 10.2 Å². The summed E-state index contributed by atoms with van der Waals surface area (Å²) in [5, 5.41) is 2.85.